The van der Waals surface area contributed by atoms with Crippen molar-refractivity contribution in [3.05, 3.63) is 74.7 Å². The van der Waals surface area contributed by atoms with Gasteiger partial charge in [0, 0.05) is 18.5 Å². The SMILES string of the molecule is O=C(NCc1cccc(C(F)(F)F)c1)[C@@H]1CCCCN1C(=O)c1csc(Nc2cccc(Cl)c2Cl)n1. The van der Waals surface area contributed by atoms with Crippen molar-refractivity contribution in [3.63, 3.8) is 0 Å². The smallest absolute Gasteiger partial charge is 0.350 e. The third-order valence-electron chi connectivity index (χ3n) is 5.70. The Morgan fingerprint density at radius 1 is 1.14 bits per heavy atom. The third-order valence-corrected chi connectivity index (χ3v) is 7.28. The van der Waals surface area contributed by atoms with Gasteiger partial charge in [-0.3, -0.25) is 9.59 Å². The summed E-state index contributed by atoms with van der Waals surface area (Å²) in [4.78, 5) is 32.0. The Balaban J connectivity index is 1.43. The number of likely N-dealkylation sites (tertiary alicyclic amines) is 1. The number of hydrogen-bond donors (Lipinski definition) is 2. The second-order valence-electron chi connectivity index (χ2n) is 8.19. The quantitative estimate of drug-likeness (QED) is 0.362. The first-order valence-corrected chi connectivity index (χ1v) is 12.7. The molecular weight excluding hydrogens is 536 g/mol. The van der Waals surface area contributed by atoms with Gasteiger partial charge in [0.25, 0.3) is 5.91 Å². The van der Waals surface area contributed by atoms with Crippen molar-refractivity contribution in [2.75, 3.05) is 11.9 Å². The second-order valence-corrected chi connectivity index (χ2v) is 9.83. The lowest BCUT2D eigenvalue weighted by molar-refractivity contribution is -0.137. The minimum atomic E-state index is -4.47. The zero-order valence-electron chi connectivity index (χ0n) is 18.7. The number of nitrogens with zero attached hydrogens (tertiary/aromatic N) is 2. The van der Waals surface area contributed by atoms with Crippen LogP contribution in [0.5, 0.6) is 0 Å². The van der Waals surface area contributed by atoms with Crippen molar-refractivity contribution in [3.8, 4) is 0 Å². The summed E-state index contributed by atoms with van der Waals surface area (Å²) in [6.07, 6.45) is -2.53. The van der Waals surface area contributed by atoms with Crippen LogP contribution in [0.2, 0.25) is 10.0 Å². The molecule has 0 spiro atoms. The molecule has 1 atom stereocenters. The van der Waals surface area contributed by atoms with E-state index in [2.05, 4.69) is 15.6 Å². The molecule has 0 bridgehead atoms. The first-order valence-electron chi connectivity index (χ1n) is 11.0. The first-order chi connectivity index (χ1) is 17.1. The maximum Gasteiger partial charge on any atom is 0.416 e. The fourth-order valence-electron chi connectivity index (χ4n) is 3.90. The van der Waals surface area contributed by atoms with Crippen molar-refractivity contribution in [1.29, 1.82) is 0 Å². The number of amides is 2. The van der Waals surface area contributed by atoms with Crippen molar-refractivity contribution in [1.82, 2.24) is 15.2 Å². The molecule has 12 heteroatoms. The van der Waals surface area contributed by atoms with E-state index in [9.17, 15) is 22.8 Å². The number of halogens is 5. The van der Waals surface area contributed by atoms with Crippen molar-refractivity contribution >= 4 is 57.2 Å². The highest BCUT2D eigenvalue weighted by Gasteiger charge is 2.34. The van der Waals surface area contributed by atoms with E-state index < -0.39 is 29.6 Å². The van der Waals surface area contributed by atoms with Crippen molar-refractivity contribution in [2.45, 2.75) is 38.0 Å². The topological polar surface area (TPSA) is 74.3 Å². The van der Waals surface area contributed by atoms with E-state index in [4.69, 9.17) is 23.2 Å². The van der Waals surface area contributed by atoms with E-state index in [-0.39, 0.29) is 12.2 Å². The van der Waals surface area contributed by atoms with Crippen LogP contribution in [0, 0.1) is 0 Å². The van der Waals surface area contributed by atoms with Gasteiger partial charge in [0.2, 0.25) is 5.91 Å². The van der Waals surface area contributed by atoms with E-state index in [0.717, 1.165) is 25.0 Å². The number of aromatic nitrogens is 1. The van der Waals surface area contributed by atoms with Gasteiger partial charge >= 0.3 is 6.18 Å². The Hall–Kier alpha value is -2.82. The Bertz CT molecular complexity index is 1270. The highest BCUT2D eigenvalue weighted by Crippen LogP contribution is 2.33. The zero-order valence-corrected chi connectivity index (χ0v) is 21.1. The lowest BCUT2D eigenvalue weighted by Gasteiger charge is -2.34. The number of nitrogens with one attached hydrogen (secondary N) is 2. The molecule has 0 saturated carbocycles. The Morgan fingerprint density at radius 2 is 1.92 bits per heavy atom. The molecule has 2 aromatic carbocycles. The molecule has 2 heterocycles. The van der Waals surface area contributed by atoms with E-state index >= 15 is 0 Å². The van der Waals surface area contributed by atoms with Crippen LogP contribution in [0.4, 0.5) is 24.0 Å². The molecule has 1 aliphatic heterocycles. The van der Waals surface area contributed by atoms with Gasteiger partial charge in [0.15, 0.2) is 5.13 Å². The number of thiazole rings is 1. The van der Waals surface area contributed by atoms with Gasteiger partial charge in [-0.25, -0.2) is 4.98 Å². The summed E-state index contributed by atoms with van der Waals surface area (Å²) in [5.74, 6) is -0.810. The molecule has 1 fully saturated rings. The van der Waals surface area contributed by atoms with Crippen molar-refractivity contribution < 1.29 is 22.8 Å². The van der Waals surface area contributed by atoms with E-state index in [1.807, 2.05) is 0 Å². The van der Waals surface area contributed by atoms with Gasteiger partial charge in [-0.15, -0.1) is 11.3 Å². The van der Waals surface area contributed by atoms with Crippen LogP contribution >= 0.6 is 34.5 Å². The molecule has 1 saturated heterocycles. The Labute approximate surface area is 219 Å². The molecule has 2 N–H and O–H groups in total. The summed E-state index contributed by atoms with van der Waals surface area (Å²) in [5, 5.41) is 8.45. The number of anilines is 2. The molecular formula is C24H21Cl2F3N4O2S. The van der Waals surface area contributed by atoms with Crippen LogP contribution in [0.25, 0.3) is 0 Å². The maximum absolute atomic E-state index is 13.2. The van der Waals surface area contributed by atoms with Crippen LogP contribution in [0.3, 0.4) is 0 Å². The Morgan fingerprint density at radius 3 is 2.69 bits per heavy atom. The minimum Gasteiger partial charge on any atom is -0.350 e. The van der Waals surface area contributed by atoms with E-state index in [1.54, 1.807) is 23.6 Å². The Kier molecular flexibility index (Phi) is 8.07. The van der Waals surface area contributed by atoms with Gasteiger partial charge < -0.3 is 15.5 Å². The lowest BCUT2D eigenvalue weighted by Crippen LogP contribution is -2.51. The normalized spacial score (nSPS) is 16.0. The van der Waals surface area contributed by atoms with Gasteiger partial charge in [-0.05, 0) is 49.1 Å². The largest absolute Gasteiger partial charge is 0.416 e. The van der Waals surface area contributed by atoms with Gasteiger partial charge in [-0.1, -0.05) is 41.4 Å². The minimum absolute atomic E-state index is 0.0769. The fourth-order valence-corrected chi connectivity index (χ4v) is 4.95. The summed E-state index contributed by atoms with van der Waals surface area (Å²) < 4.78 is 38.9. The number of alkyl halides is 3. The molecule has 6 nitrogen and oxygen atoms in total. The van der Waals surface area contributed by atoms with Crippen LogP contribution in [0.1, 0.15) is 40.9 Å². The fraction of sp³-hybridized carbons (Fsp3) is 0.292. The molecule has 2 amide bonds. The highest BCUT2D eigenvalue weighted by molar-refractivity contribution is 7.14. The van der Waals surface area contributed by atoms with Gasteiger partial charge in [-0.2, -0.15) is 13.2 Å². The summed E-state index contributed by atoms with van der Waals surface area (Å²) in [6, 6.07) is 9.15. The maximum atomic E-state index is 13.2. The highest BCUT2D eigenvalue weighted by atomic mass is 35.5. The zero-order chi connectivity index (χ0) is 25.9. The number of benzene rings is 2. The lowest BCUT2D eigenvalue weighted by atomic mass is 10.0. The van der Waals surface area contributed by atoms with Gasteiger partial charge in [0.05, 0.1) is 21.3 Å². The van der Waals surface area contributed by atoms with Crippen LogP contribution < -0.4 is 10.6 Å². The molecule has 4 rings (SSSR count). The van der Waals surface area contributed by atoms with E-state index in [0.29, 0.717) is 39.4 Å². The standard InChI is InChI=1S/C24H21Cl2F3N4O2S/c25-16-7-4-8-17(20(16)26)31-23-32-18(13-36-23)22(35)33-10-2-1-9-19(33)21(34)30-12-14-5-3-6-15(11-14)24(27,28)29/h3-8,11,13,19H,1-2,9-10,12H2,(H,30,34)(H,31,32)/t19-/m0/s1. The van der Waals surface area contributed by atoms with Crippen molar-refractivity contribution in [2.24, 2.45) is 0 Å². The number of hydrogen-bond acceptors (Lipinski definition) is 5. The number of piperidine rings is 1. The summed E-state index contributed by atoms with van der Waals surface area (Å²) in [5.41, 5.74) is 0.262. The molecule has 190 valence electrons. The monoisotopic (exact) mass is 556 g/mol. The number of carbonyl (C=O) groups is 2. The molecule has 36 heavy (non-hydrogen) atoms. The van der Waals surface area contributed by atoms with Gasteiger partial charge in [0.1, 0.15) is 11.7 Å². The second kappa shape index (κ2) is 11.1. The summed E-state index contributed by atoms with van der Waals surface area (Å²) >= 11 is 13.4. The molecule has 1 aromatic heterocycles. The van der Waals surface area contributed by atoms with Crippen LogP contribution in [-0.2, 0) is 17.5 Å². The van der Waals surface area contributed by atoms with Crippen LogP contribution in [-0.4, -0.2) is 34.3 Å². The molecule has 1 aliphatic rings. The molecule has 0 aliphatic carbocycles. The summed E-state index contributed by atoms with van der Waals surface area (Å²) in [6.45, 7) is 0.299. The third kappa shape index (κ3) is 6.11. The van der Waals surface area contributed by atoms with Crippen LogP contribution in [0.15, 0.2) is 47.8 Å². The first kappa shape index (κ1) is 26.2. The number of carbonyl (C=O) groups excluding carboxylic acids is 2. The molecule has 3 aromatic rings. The molecule has 0 radical (unpaired) electrons. The average Bonchev–Trinajstić information content (AvgIpc) is 3.33. The predicted molar refractivity (Wildman–Crippen MR) is 134 cm³/mol. The molecule has 0 unspecified atom stereocenters. The predicted octanol–water partition coefficient (Wildman–Crippen LogP) is 6.52. The average molecular weight is 557 g/mol. The van der Waals surface area contributed by atoms with E-state index in [1.165, 1.54) is 28.4 Å². The number of rotatable bonds is 6. The summed E-state index contributed by atoms with van der Waals surface area (Å²) in [7, 11) is 0.